The van der Waals surface area contributed by atoms with Gasteiger partial charge >= 0.3 is 0 Å². The van der Waals surface area contributed by atoms with Crippen LogP contribution in [0.4, 0.5) is 0 Å². The Labute approximate surface area is 131 Å². The molecule has 1 amide bonds. The van der Waals surface area contributed by atoms with Gasteiger partial charge in [0.2, 0.25) is 5.91 Å². The number of hydrogen-bond donors (Lipinski definition) is 1. The molecule has 116 valence electrons. The fourth-order valence-corrected chi connectivity index (χ4v) is 3.16. The molecular formula is C18H23N3O. The maximum atomic E-state index is 12.2. The Kier molecular flexibility index (Phi) is 4.56. The average molecular weight is 297 g/mol. The molecule has 1 saturated carbocycles. The van der Waals surface area contributed by atoms with Crippen molar-refractivity contribution in [3.8, 4) is 5.69 Å². The van der Waals surface area contributed by atoms with Crippen molar-refractivity contribution in [1.29, 1.82) is 0 Å². The van der Waals surface area contributed by atoms with Crippen LogP contribution in [0.15, 0.2) is 42.7 Å². The Balaban J connectivity index is 1.57. The van der Waals surface area contributed by atoms with Gasteiger partial charge in [-0.3, -0.25) is 4.79 Å². The highest BCUT2D eigenvalue weighted by Crippen LogP contribution is 2.23. The van der Waals surface area contributed by atoms with E-state index in [4.69, 9.17) is 0 Å². The van der Waals surface area contributed by atoms with Crippen LogP contribution in [0.25, 0.3) is 5.69 Å². The van der Waals surface area contributed by atoms with E-state index in [1.807, 2.05) is 41.2 Å². The van der Waals surface area contributed by atoms with E-state index in [1.165, 1.54) is 19.3 Å². The quantitative estimate of drug-likeness (QED) is 0.942. The summed E-state index contributed by atoms with van der Waals surface area (Å²) in [6, 6.07) is 10.2. The summed E-state index contributed by atoms with van der Waals surface area (Å²) < 4.78 is 1.81. The fraction of sp³-hybridized carbons (Fsp3) is 0.444. The van der Waals surface area contributed by atoms with Crippen LogP contribution in [0.5, 0.6) is 0 Å². The number of carbonyl (C=O) groups excluding carboxylic acids is 1. The predicted molar refractivity (Wildman–Crippen MR) is 86.8 cm³/mol. The molecule has 2 aromatic rings. The van der Waals surface area contributed by atoms with E-state index in [9.17, 15) is 4.79 Å². The zero-order chi connectivity index (χ0) is 15.4. The minimum Gasteiger partial charge on any atom is -0.353 e. The molecule has 1 fully saturated rings. The first-order chi connectivity index (χ1) is 10.7. The number of hydrogen-bond acceptors (Lipinski definition) is 2. The van der Waals surface area contributed by atoms with E-state index in [2.05, 4.69) is 17.3 Å². The molecule has 0 bridgehead atoms. The van der Waals surface area contributed by atoms with Gasteiger partial charge in [0.1, 0.15) is 0 Å². The number of amides is 1. The Morgan fingerprint density at radius 1 is 1.27 bits per heavy atom. The van der Waals surface area contributed by atoms with Crippen LogP contribution in [0.3, 0.4) is 0 Å². The first kappa shape index (κ1) is 14.8. The van der Waals surface area contributed by atoms with Gasteiger partial charge in [-0.25, -0.2) is 4.68 Å². The molecule has 1 aliphatic carbocycles. The molecular weight excluding hydrogens is 274 g/mol. The van der Waals surface area contributed by atoms with Gasteiger partial charge in [0.05, 0.1) is 12.1 Å². The molecule has 0 spiro atoms. The van der Waals surface area contributed by atoms with Crippen LogP contribution < -0.4 is 5.32 Å². The Hall–Kier alpha value is -2.10. The SMILES string of the molecule is CC1CCCCC1NC(=O)Cc1ccc(-n2cccn2)cc1. The molecule has 4 nitrogen and oxygen atoms in total. The monoisotopic (exact) mass is 297 g/mol. The van der Waals surface area contributed by atoms with Gasteiger partial charge in [0.15, 0.2) is 0 Å². The van der Waals surface area contributed by atoms with Gasteiger partial charge in [0, 0.05) is 18.4 Å². The standard InChI is InChI=1S/C18H23N3O/c1-14-5-2-3-6-17(14)20-18(22)13-15-7-9-16(10-8-15)21-12-4-11-19-21/h4,7-12,14,17H,2-3,5-6,13H2,1H3,(H,20,22). The third-order valence-electron chi connectivity index (χ3n) is 4.53. The molecule has 4 heteroatoms. The van der Waals surface area contributed by atoms with Crippen molar-refractivity contribution < 1.29 is 4.79 Å². The molecule has 1 aromatic carbocycles. The lowest BCUT2D eigenvalue weighted by Crippen LogP contribution is -2.41. The van der Waals surface area contributed by atoms with Gasteiger partial charge < -0.3 is 5.32 Å². The van der Waals surface area contributed by atoms with E-state index in [0.717, 1.165) is 17.7 Å². The van der Waals surface area contributed by atoms with Gasteiger partial charge in [-0.1, -0.05) is 31.9 Å². The number of nitrogens with one attached hydrogen (secondary N) is 1. The molecule has 1 aromatic heterocycles. The number of aromatic nitrogens is 2. The van der Waals surface area contributed by atoms with Crippen molar-refractivity contribution in [1.82, 2.24) is 15.1 Å². The minimum absolute atomic E-state index is 0.130. The highest BCUT2D eigenvalue weighted by atomic mass is 16.1. The van der Waals surface area contributed by atoms with Gasteiger partial charge in [0.25, 0.3) is 0 Å². The number of nitrogens with zero attached hydrogens (tertiary/aromatic N) is 2. The molecule has 3 rings (SSSR count). The summed E-state index contributed by atoms with van der Waals surface area (Å²) in [5, 5.41) is 7.40. The van der Waals surface area contributed by atoms with E-state index in [0.29, 0.717) is 18.4 Å². The molecule has 1 aliphatic rings. The summed E-state index contributed by atoms with van der Waals surface area (Å²) >= 11 is 0. The lowest BCUT2D eigenvalue weighted by molar-refractivity contribution is -0.121. The highest BCUT2D eigenvalue weighted by molar-refractivity contribution is 5.79. The largest absolute Gasteiger partial charge is 0.353 e. The molecule has 22 heavy (non-hydrogen) atoms. The molecule has 1 N–H and O–H groups in total. The van der Waals surface area contributed by atoms with Crippen molar-refractivity contribution in [3.63, 3.8) is 0 Å². The molecule has 0 radical (unpaired) electrons. The highest BCUT2D eigenvalue weighted by Gasteiger charge is 2.22. The second-order valence-electron chi connectivity index (χ2n) is 6.23. The molecule has 2 atom stereocenters. The third kappa shape index (κ3) is 3.56. The van der Waals surface area contributed by atoms with Crippen LogP contribution in [-0.4, -0.2) is 21.7 Å². The van der Waals surface area contributed by atoms with Crippen molar-refractivity contribution in [3.05, 3.63) is 48.3 Å². The van der Waals surface area contributed by atoms with E-state index in [1.54, 1.807) is 6.20 Å². The third-order valence-corrected chi connectivity index (χ3v) is 4.53. The topological polar surface area (TPSA) is 46.9 Å². The van der Waals surface area contributed by atoms with Gasteiger partial charge in [-0.05, 0) is 42.5 Å². The second-order valence-corrected chi connectivity index (χ2v) is 6.23. The first-order valence-electron chi connectivity index (χ1n) is 8.11. The number of carbonyl (C=O) groups is 1. The van der Waals surface area contributed by atoms with E-state index >= 15 is 0 Å². The van der Waals surface area contributed by atoms with Crippen LogP contribution in [0.2, 0.25) is 0 Å². The van der Waals surface area contributed by atoms with Gasteiger partial charge in [-0.2, -0.15) is 5.10 Å². The van der Waals surface area contributed by atoms with Crippen molar-refractivity contribution in [2.75, 3.05) is 0 Å². The van der Waals surface area contributed by atoms with Crippen molar-refractivity contribution in [2.24, 2.45) is 5.92 Å². The predicted octanol–water partition coefficient (Wildman–Crippen LogP) is 3.11. The smallest absolute Gasteiger partial charge is 0.224 e. The zero-order valence-electron chi connectivity index (χ0n) is 13.0. The van der Waals surface area contributed by atoms with E-state index in [-0.39, 0.29) is 5.91 Å². The lowest BCUT2D eigenvalue weighted by Gasteiger charge is -2.29. The maximum Gasteiger partial charge on any atom is 0.224 e. The summed E-state index contributed by atoms with van der Waals surface area (Å²) in [6.07, 6.45) is 8.98. The fourth-order valence-electron chi connectivity index (χ4n) is 3.16. The summed E-state index contributed by atoms with van der Waals surface area (Å²) in [6.45, 7) is 2.24. The molecule has 2 unspecified atom stereocenters. The molecule has 0 aliphatic heterocycles. The number of benzene rings is 1. The summed E-state index contributed by atoms with van der Waals surface area (Å²) in [4.78, 5) is 12.2. The first-order valence-corrected chi connectivity index (χ1v) is 8.11. The van der Waals surface area contributed by atoms with E-state index < -0.39 is 0 Å². The normalized spacial score (nSPS) is 21.5. The second kappa shape index (κ2) is 6.77. The van der Waals surface area contributed by atoms with Crippen LogP contribution in [0.1, 0.15) is 38.2 Å². The average Bonchev–Trinajstić information content (AvgIpc) is 3.05. The zero-order valence-corrected chi connectivity index (χ0v) is 13.0. The van der Waals surface area contributed by atoms with Crippen LogP contribution >= 0.6 is 0 Å². The Bertz CT molecular complexity index is 604. The lowest BCUT2D eigenvalue weighted by atomic mass is 9.86. The van der Waals surface area contributed by atoms with Crippen LogP contribution in [0, 0.1) is 5.92 Å². The summed E-state index contributed by atoms with van der Waals surface area (Å²) in [5.41, 5.74) is 2.05. The minimum atomic E-state index is 0.130. The summed E-state index contributed by atoms with van der Waals surface area (Å²) in [7, 11) is 0. The molecule has 1 heterocycles. The Morgan fingerprint density at radius 3 is 2.73 bits per heavy atom. The van der Waals surface area contributed by atoms with Crippen molar-refractivity contribution >= 4 is 5.91 Å². The van der Waals surface area contributed by atoms with Gasteiger partial charge in [-0.15, -0.1) is 0 Å². The molecule has 0 saturated heterocycles. The Morgan fingerprint density at radius 2 is 2.05 bits per heavy atom. The van der Waals surface area contributed by atoms with Crippen LogP contribution in [-0.2, 0) is 11.2 Å². The summed E-state index contributed by atoms with van der Waals surface area (Å²) in [5.74, 6) is 0.727. The maximum absolute atomic E-state index is 12.2. The number of rotatable bonds is 4. The van der Waals surface area contributed by atoms with Crippen molar-refractivity contribution in [2.45, 2.75) is 45.1 Å².